The maximum atomic E-state index is 13.7. The number of likely N-dealkylation sites (tertiary alicyclic amines) is 1. The molecule has 188 valence electrons. The van der Waals surface area contributed by atoms with Crippen molar-refractivity contribution in [2.75, 3.05) is 33.9 Å². The number of benzene rings is 1. The largest absolute Gasteiger partial charge is 0.512 e. The predicted octanol–water partition coefficient (Wildman–Crippen LogP) is 3.81. The minimum Gasteiger partial charge on any atom is -0.512 e. The van der Waals surface area contributed by atoms with Crippen LogP contribution in [0.15, 0.2) is 35.2 Å². The molecule has 9 heteroatoms. The number of likely N-dealkylation sites (N-methyl/N-ethyl adjacent to an activating group) is 1. The van der Waals surface area contributed by atoms with Crippen LogP contribution in [0.4, 0.5) is 4.79 Å². The van der Waals surface area contributed by atoms with Crippen LogP contribution in [-0.2, 0) is 11.3 Å². The number of hydrogen-bond donors (Lipinski definition) is 2. The quantitative estimate of drug-likeness (QED) is 0.377. The smallest absolute Gasteiger partial charge is 0.325 e. The monoisotopic (exact) mass is 482 g/mol. The average molecular weight is 483 g/mol. The number of rotatable bonds is 5. The second kappa shape index (κ2) is 9.28. The summed E-state index contributed by atoms with van der Waals surface area (Å²) in [6, 6.07) is 3.82. The van der Waals surface area contributed by atoms with Gasteiger partial charge in [-0.15, -0.1) is 0 Å². The summed E-state index contributed by atoms with van der Waals surface area (Å²) in [4.78, 5) is 32.0. The third-order valence-electron chi connectivity index (χ3n) is 7.55. The van der Waals surface area contributed by atoms with Gasteiger partial charge in [-0.3, -0.25) is 9.69 Å². The van der Waals surface area contributed by atoms with Gasteiger partial charge in [-0.2, -0.15) is 0 Å². The average Bonchev–Trinajstić information content (AvgIpc) is 2.95. The molecule has 2 fully saturated rings. The number of amides is 3. The highest BCUT2D eigenvalue weighted by atomic mass is 16.5. The first-order valence-corrected chi connectivity index (χ1v) is 12.0. The summed E-state index contributed by atoms with van der Waals surface area (Å²) in [6.45, 7) is 7.34. The zero-order valence-corrected chi connectivity index (χ0v) is 21.1. The number of nitrogens with zero attached hydrogens (tertiary/aromatic N) is 3. The van der Waals surface area contributed by atoms with Crippen molar-refractivity contribution in [3.63, 3.8) is 0 Å². The Hall–Kier alpha value is -3.49. The molecule has 2 N–H and O–H groups in total. The van der Waals surface area contributed by atoms with Crippen molar-refractivity contribution in [1.82, 2.24) is 14.7 Å². The SMILES string of the molecule is CCN1C(=O)N2Cc3cc(OC)cc(OC)c3[C@@H](C)C=C2C12CCN(C(=O)/C(C=N)=C(\C)O)CC2. The van der Waals surface area contributed by atoms with Gasteiger partial charge in [-0.1, -0.05) is 13.0 Å². The number of aliphatic hydroxyl groups excluding tert-OH is 1. The van der Waals surface area contributed by atoms with Gasteiger partial charge in [-0.05, 0) is 38.3 Å². The molecule has 3 amide bonds. The Morgan fingerprint density at radius 3 is 2.49 bits per heavy atom. The van der Waals surface area contributed by atoms with Gasteiger partial charge in [0.1, 0.15) is 17.3 Å². The highest BCUT2D eigenvalue weighted by Crippen LogP contribution is 2.49. The molecule has 0 aliphatic carbocycles. The highest BCUT2D eigenvalue weighted by Gasteiger charge is 2.55. The van der Waals surface area contributed by atoms with Gasteiger partial charge in [0.05, 0.1) is 31.9 Å². The molecule has 4 rings (SSSR count). The fraction of sp³-hybridized carbons (Fsp3) is 0.500. The Morgan fingerprint density at radius 2 is 1.94 bits per heavy atom. The van der Waals surface area contributed by atoms with Gasteiger partial charge in [0, 0.05) is 49.1 Å². The Balaban J connectivity index is 1.72. The molecule has 35 heavy (non-hydrogen) atoms. The lowest BCUT2D eigenvalue weighted by Gasteiger charge is -2.44. The van der Waals surface area contributed by atoms with Crippen molar-refractivity contribution in [3.05, 3.63) is 46.4 Å². The molecule has 9 nitrogen and oxygen atoms in total. The lowest BCUT2D eigenvalue weighted by Crippen LogP contribution is -2.55. The summed E-state index contributed by atoms with van der Waals surface area (Å²) in [5.41, 5.74) is 2.50. The maximum absolute atomic E-state index is 13.7. The van der Waals surface area contributed by atoms with E-state index in [-0.39, 0.29) is 29.2 Å². The Bertz CT molecular complexity index is 1110. The zero-order valence-electron chi connectivity index (χ0n) is 21.1. The number of piperidine rings is 1. The molecule has 0 bridgehead atoms. The minimum absolute atomic E-state index is 0.00350. The van der Waals surface area contributed by atoms with Gasteiger partial charge in [0.2, 0.25) is 0 Å². The third-order valence-corrected chi connectivity index (χ3v) is 7.55. The van der Waals surface area contributed by atoms with E-state index in [9.17, 15) is 14.7 Å². The summed E-state index contributed by atoms with van der Waals surface area (Å²) in [5.74, 6) is 0.920. The molecule has 2 saturated heterocycles. The lowest BCUT2D eigenvalue weighted by atomic mass is 9.82. The first kappa shape index (κ1) is 24.6. The summed E-state index contributed by atoms with van der Waals surface area (Å²) >= 11 is 0. The van der Waals surface area contributed by atoms with E-state index in [1.807, 2.05) is 28.9 Å². The highest BCUT2D eigenvalue weighted by molar-refractivity contribution is 6.11. The number of urea groups is 1. The van der Waals surface area contributed by atoms with E-state index in [1.54, 1.807) is 19.1 Å². The van der Waals surface area contributed by atoms with Crippen molar-refractivity contribution in [2.24, 2.45) is 0 Å². The molecule has 3 aliphatic heterocycles. The van der Waals surface area contributed by atoms with Gasteiger partial charge >= 0.3 is 6.03 Å². The third kappa shape index (κ3) is 3.83. The van der Waals surface area contributed by atoms with E-state index in [0.29, 0.717) is 44.8 Å². The van der Waals surface area contributed by atoms with E-state index >= 15 is 0 Å². The molecule has 1 aromatic carbocycles. The number of carbonyl (C=O) groups excluding carboxylic acids is 2. The Kier molecular flexibility index (Phi) is 6.53. The molecule has 0 saturated carbocycles. The predicted molar refractivity (Wildman–Crippen MR) is 132 cm³/mol. The number of methoxy groups -OCH3 is 2. The van der Waals surface area contributed by atoms with Crippen LogP contribution in [0, 0.1) is 5.41 Å². The molecule has 0 unspecified atom stereocenters. The van der Waals surface area contributed by atoms with Crippen LogP contribution >= 0.6 is 0 Å². The van der Waals surface area contributed by atoms with E-state index < -0.39 is 5.54 Å². The number of nitrogens with one attached hydrogen (secondary N) is 1. The van der Waals surface area contributed by atoms with E-state index in [0.717, 1.165) is 28.8 Å². The molecule has 3 aliphatic rings. The molecule has 3 heterocycles. The number of fused-ring (bicyclic) bond motifs is 3. The van der Waals surface area contributed by atoms with Crippen LogP contribution in [0.3, 0.4) is 0 Å². The molecule has 0 aromatic heterocycles. The number of carbonyl (C=O) groups is 2. The van der Waals surface area contributed by atoms with E-state index in [1.165, 1.54) is 6.92 Å². The first-order chi connectivity index (χ1) is 16.7. The summed E-state index contributed by atoms with van der Waals surface area (Å²) < 4.78 is 11.2. The molecule has 1 aromatic rings. The second-order valence-corrected chi connectivity index (χ2v) is 9.32. The van der Waals surface area contributed by atoms with Crippen LogP contribution in [0.5, 0.6) is 11.5 Å². The molecular weight excluding hydrogens is 448 g/mol. The fourth-order valence-corrected chi connectivity index (χ4v) is 5.84. The fourth-order valence-electron chi connectivity index (χ4n) is 5.84. The van der Waals surface area contributed by atoms with Gasteiger partial charge < -0.3 is 29.8 Å². The number of allylic oxidation sites excluding steroid dienone is 2. The maximum Gasteiger partial charge on any atom is 0.325 e. The van der Waals surface area contributed by atoms with Gasteiger partial charge in [0.25, 0.3) is 5.91 Å². The number of ether oxygens (including phenoxy) is 2. The zero-order chi connectivity index (χ0) is 25.5. The van der Waals surface area contributed by atoms with Crippen molar-refractivity contribution in [3.8, 4) is 11.5 Å². The second-order valence-electron chi connectivity index (χ2n) is 9.32. The first-order valence-electron chi connectivity index (χ1n) is 12.0. The van der Waals surface area contributed by atoms with E-state index in [2.05, 4.69) is 13.0 Å². The van der Waals surface area contributed by atoms with Crippen LogP contribution in [0.2, 0.25) is 0 Å². The van der Waals surface area contributed by atoms with Crippen molar-refractivity contribution in [2.45, 2.75) is 51.6 Å². The molecule has 1 atom stereocenters. The summed E-state index contributed by atoms with van der Waals surface area (Å²) in [5, 5.41) is 17.3. The van der Waals surface area contributed by atoms with E-state index in [4.69, 9.17) is 14.9 Å². The van der Waals surface area contributed by atoms with Crippen LogP contribution in [0.25, 0.3) is 0 Å². The van der Waals surface area contributed by atoms with Crippen molar-refractivity contribution in [1.29, 1.82) is 5.41 Å². The number of aliphatic hydroxyl groups is 1. The topological polar surface area (TPSA) is 106 Å². The molecule has 0 radical (unpaired) electrons. The molecule has 1 spiro atoms. The van der Waals surface area contributed by atoms with Crippen LogP contribution in [-0.4, -0.2) is 77.4 Å². The van der Waals surface area contributed by atoms with Gasteiger partial charge in [0.15, 0.2) is 0 Å². The van der Waals surface area contributed by atoms with Crippen LogP contribution < -0.4 is 9.47 Å². The minimum atomic E-state index is -0.515. The standard InChI is InChI=1S/C26H34N4O5/c1-6-30-25(33)29-15-18-12-19(34-4)13-21(35-5)23(18)16(2)11-22(29)26(30)7-9-28(10-8-26)24(32)20(14-27)17(3)31/h11-14,16,27,31H,6-10,15H2,1-5H3/b20-17+,27-14?/t16-/m0/s1. The van der Waals surface area contributed by atoms with Crippen LogP contribution in [0.1, 0.15) is 50.7 Å². The molecular formula is C26H34N4O5. The number of hydrogen-bond acceptors (Lipinski definition) is 6. The summed E-state index contributed by atoms with van der Waals surface area (Å²) in [6.07, 6.45) is 4.24. The summed E-state index contributed by atoms with van der Waals surface area (Å²) in [7, 11) is 3.26. The Morgan fingerprint density at radius 1 is 1.26 bits per heavy atom. The lowest BCUT2D eigenvalue weighted by molar-refractivity contribution is -0.128. The van der Waals surface area contributed by atoms with Crippen molar-refractivity contribution >= 4 is 18.2 Å². The van der Waals surface area contributed by atoms with Crippen molar-refractivity contribution < 1.29 is 24.2 Å². The van der Waals surface area contributed by atoms with Gasteiger partial charge in [-0.25, -0.2) is 4.79 Å². The normalized spacial score (nSPS) is 21.6. The Labute approximate surface area is 206 Å².